The summed E-state index contributed by atoms with van der Waals surface area (Å²) >= 11 is 0. The van der Waals surface area contributed by atoms with Gasteiger partial charge in [-0.05, 0) is 38.0 Å². The third-order valence-corrected chi connectivity index (χ3v) is 2.30. The van der Waals surface area contributed by atoms with Crippen molar-refractivity contribution in [2.24, 2.45) is 0 Å². The standard InChI is InChI=1S/C14H19NO2/c1-4-12-7-6-8-13(10-12)15-11(3)9-14(16)17-5-2/h6-10,15H,4-5H2,1-3H3/b11-9-. The van der Waals surface area contributed by atoms with Crippen molar-refractivity contribution < 1.29 is 9.53 Å². The fraction of sp³-hybridized carbons (Fsp3) is 0.357. The summed E-state index contributed by atoms with van der Waals surface area (Å²) in [5.41, 5.74) is 3.03. The number of carbonyl (C=O) groups excluding carboxylic acids is 1. The molecule has 1 aromatic carbocycles. The van der Waals surface area contributed by atoms with Crippen molar-refractivity contribution in [3.8, 4) is 0 Å². The molecule has 1 rings (SSSR count). The average Bonchev–Trinajstić information content (AvgIpc) is 2.29. The molecule has 3 nitrogen and oxygen atoms in total. The van der Waals surface area contributed by atoms with E-state index in [1.54, 1.807) is 6.92 Å². The lowest BCUT2D eigenvalue weighted by Crippen LogP contribution is -2.04. The summed E-state index contributed by atoms with van der Waals surface area (Å²) < 4.78 is 4.84. The van der Waals surface area contributed by atoms with Crippen molar-refractivity contribution in [1.82, 2.24) is 0 Å². The smallest absolute Gasteiger partial charge is 0.332 e. The molecule has 3 heteroatoms. The van der Waals surface area contributed by atoms with Crippen LogP contribution >= 0.6 is 0 Å². The first kappa shape index (κ1) is 13.3. The van der Waals surface area contributed by atoms with Gasteiger partial charge in [0, 0.05) is 17.5 Å². The van der Waals surface area contributed by atoms with Gasteiger partial charge in [0.1, 0.15) is 0 Å². The van der Waals surface area contributed by atoms with Gasteiger partial charge >= 0.3 is 5.97 Å². The zero-order valence-corrected chi connectivity index (χ0v) is 10.6. The fourth-order valence-electron chi connectivity index (χ4n) is 1.49. The quantitative estimate of drug-likeness (QED) is 0.627. The van der Waals surface area contributed by atoms with Gasteiger partial charge in [-0.15, -0.1) is 0 Å². The van der Waals surface area contributed by atoms with E-state index < -0.39 is 0 Å². The molecule has 0 saturated carbocycles. The maximum absolute atomic E-state index is 11.2. The molecule has 0 atom stereocenters. The first-order valence-electron chi connectivity index (χ1n) is 5.86. The van der Waals surface area contributed by atoms with Crippen LogP contribution in [0.15, 0.2) is 36.0 Å². The topological polar surface area (TPSA) is 38.3 Å². The number of nitrogens with one attached hydrogen (secondary N) is 1. The van der Waals surface area contributed by atoms with Gasteiger partial charge < -0.3 is 10.1 Å². The molecule has 0 amide bonds. The molecular formula is C14H19NO2. The van der Waals surface area contributed by atoms with Gasteiger partial charge in [-0.25, -0.2) is 4.79 Å². The molecule has 0 spiro atoms. The van der Waals surface area contributed by atoms with Gasteiger partial charge in [0.2, 0.25) is 0 Å². The van der Waals surface area contributed by atoms with Gasteiger partial charge in [-0.3, -0.25) is 0 Å². The van der Waals surface area contributed by atoms with Crippen molar-refractivity contribution in [2.45, 2.75) is 27.2 Å². The van der Waals surface area contributed by atoms with Gasteiger partial charge in [-0.1, -0.05) is 19.1 Å². The molecule has 0 aliphatic heterocycles. The lowest BCUT2D eigenvalue weighted by Gasteiger charge is -2.07. The Kier molecular flexibility index (Phi) is 5.27. The number of hydrogen-bond donors (Lipinski definition) is 1. The first-order valence-corrected chi connectivity index (χ1v) is 5.86. The second-order valence-corrected chi connectivity index (χ2v) is 3.76. The molecule has 0 bridgehead atoms. The summed E-state index contributed by atoms with van der Waals surface area (Å²) in [5, 5.41) is 3.17. The molecule has 0 fully saturated rings. The van der Waals surface area contributed by atoms with Crippen molar-refractivity contribution in [3.05, 3.63) is 41.6 Å². The normalized spacial score (nSPS) is 11.1. The highest BCUT2D eigenvalue weighted by molar-refractivity contribution is 5.83. The van der Waals surface area contributed by atoms with Gasteiger partial charge in [0.15, 0.2) is 0 Å². The van der Waals surface area contributed by atoms with Crippen molar-refractivity contribution in [2.75, 3.05) is 11.9 Å². The molecule has 0 unspecified atom stereocenters. The molecule has 1 aromatic rings. The van der Waals surface area contributed by atoms with Crippen molar-refractivity contribution in [3.63, 3.8) is 0 Å². The van der Waals surface area contributed by atoms with E-state index in [2.05, 4.69) is 24.4 Å². The van der Waals surface area contributed by atoms with Crippen LogP contribution in [0.1, 0.15) is 26.3 Å². The summed E-state index contributed by atoms with van der Waals surface area (Å²) in [7, 11) is 0. The number of rotatable bonds is 5. The Labute approximate surface area is 102 Å². The van der Waals surface area contributed by atoms with Crippen LogP contribution in [0, 0.1) is 0 Å². The predicted octanol–water partition coefficient (Wildman–Crippen LogP) is 3.13. The summed E-state index contributed by atoms with van der Waals surface area (Å²) in [6.07, 6.45) is 2.46. The van der Waals surface area contributed by atoms with E-state index in [-0.39, 0.29) is 5.97 Å². The van der Waals surface area contributed by atoms with E-state index in [4.69, 9.17) is 4.74 Å². The van der Waals surface area contributed by atoms with E-state index in [0.717, 1.165) is 17.8 Å². The highest BCUT2D eigenvalue weighted by Gasteiger charge is 1.99. The maximum Gasteiger partial charge on any atom is 0.332 e. The predicted molar refractivity (Wildman–Crippen MR) is 69.8 cm³/mol. The number of benzene rings is 1. The average molecular weight is 233 g/mol. The molecular weight excluding hydrogens is 214 g/mol. The Bertz CT molecular complexity index is 410. The Hall–Kier alpha value is -1.77. The lowest BCUT2D eigenvalue weighted by atomic mass is 10.1. The minimum absolute atomic E-state index is 0.316. The van der Waals surface area contributed by atoms with Crippen LogP contribution in [0.5, 0.6) is 0 Å². The Morgan fingerprint density at radius 2 is 2.18 bits per heavy atom. The van der Waals surface area contributed by atoms with Crippen LogP contribution in [0.25, 0.3) is 0 Å². The lowest BCUT2D eigenvalue weighted by molar-refractivity contribution is -0.137. The number of hydrogen-bond acceptors (Lipinski definition) is 3. The van der Waals surface area contributed by atoms with Crippen LogP contribution in [0.4, 0.5) is 5.69 Å². The number of ether oxygens (including phenoxy) is 1. The van der Waals surface area contributed by atoms with E-state index in [0.29, 0.717) is 6.61 Å². The number of anilines is 1. The van der Waals surface area contributed by atoms with Crippen LogP contribution in [0.2, 0.25) is 0 Å². The van der Waals surface area contributed by atoms with E-state index >= 15 is 0 Å². The van der Waals surface area contributed by atoms with Crippen molar-refractivity contribution >= 4 is 11.7 Å². The second kappa shape index (κ2) is 6.74. The minimum Gasteiger partial charge on any atom is -0.463 e. The third kappa shape index (κ3) is 4.72. The monoisotopic (exact) mass is 233 g/mol. The third-order valence-electron chi connectivity index (χ3n) is 2.30. The van der Waals surface area contributed by atoms with Gasteiger partial charge in [-0.2, -0.15) is 0 Å². The zero-order valence-electron chi connectivity index (χ0n) is 10.6. The van der Waals surface area contributed by atoms with E-state index in [9.17, 15) is 4.79 Å². The fourth-order valence-corrected chi connectivity index (χ4v) is 1.49. The Morgan fingerprint density at radius 1 is 1.41 bits per heavy atom. The molecule has 0 radical (unpaired) electrons. The molecule has 1 N–H and O–H groups in total. The number of allylic oxidation sites excluding steroid dienone is 1. The van der Waals surface area contributed by atoms with Crippen LogP contribution in [-0.4, -0.2) is 12.6 Å². The second-order valence-electron chi connectivity index (χ2n) is 3.76. The highest BCUT2D eigenvalue weighted by Crippen LogP contribution is 2.13. The first-order chi connectivity index (χ1) is 8.15. The molecule has 92 valence electrons. The van der Waals surface area contributed by atoms with E-state index in [1.807, 2.05) is 19.1 Å². The molecule has 0 saturated heterocycles. The van der Waals surface area contributed by atoms with Crippen LogP contribution < -0.4 is 5.32 Å². The van der Waals surface area contributed by atoms with Crippen molar-refractivity contribution in [1.29, 1.82) is 0 Å². The maximum atomic E-state index is 11.2. The summed E-state index contributed by atoms with van der Waals surface area (Å²) in [6, 6.07) is 8.12. The molecule has 17 heavy (non-hydrogen) atoms. The molecule has 0 heterocycles. The number of esters is 1. The summed E-state index contributed by atoms with van der Waals surface area (Å²) in [5.74, 6) is -0.316. The molecule has 0 aliphatic rings. The summed E-state index contributed by atoms with van der Waals surface area (Å²) in [6.45, 7) is 6.14. The minimum atomic E-state index is -0.316. The SMILES string of the molecule is CCOC(=O)/C=C(/C)Nc1cccc(CC)c1. The Morgan fingerprint density at radius 3 is 2.82 bits per heavy atom. The number of aryl methyl sites for hydroxylation is 1. The summed E-state index contributed by atoms with van der Waals surface area (Å²) in [4.78, 5) is 11.2. The zero-order chi connectivity index (χ0) is 12.7. The van der Waals surface area contributed by atoms with E-state index in [1.165, 1.54) is 11.6 Å². The highest BCUT2D eigenvalue weighted by atomic mass is 16.5. The van der Waals surface area contributed by atoms with Gasteiger partial charge in [0.05, 0.1) is 6.61 Å². The van der Waals surface area contributed by atoms with Crippen LogP contribution in [0.3, 0.4) is 0 Å². The van der Waals surface area contributed by atoms with Gasteiger partial charge in [0.25, 0.3) is 0 Å². The molecule has 0 aromatic heterocycles. The number of carbonyl (C=O) groups is 1. The molecule has 0 aliphatic carbocycles. The Balaban J connectivity index is 2.66. The van der Waals surface area contributed by atoms with Crippen LogP contribution in [-0.2, 0) is 16.0 Å². The largest absolute Gasteiger partial charge is 0.463 e.